The first kappa shape index (κ1) is 20.6. The summed E-state index contributed by atoms with van der Waals surface area (Å²) in [6, 6.07) is 12.7. The zero-order valence-corrected chi connectivity index (χ0v) is 16.8. The maximum atomic E-state index is 12.2. The van der Waals surface area contributed by atoms with Crippen LogP contribution in [0, 0.1) is 6.92 Å². The first-order valence-electron chi connectivity index (χ1n) is 8.05. The quantitative estimate of drug-likeness (QED) is 0.696. The summed E-state index contributed by atoms with van der Waals surface area (Å²) < 4.78 is 0. The van der Waals surface area contributed by atoms with Gasteiger partial charge in [0.1, 0.15) is 0 Å². The Hall–Kier alpha value is -1.69. The van der Waals surface area contributed by atoms with Crippen LogP contribution in [0.2, 0.25) is 10.0 Å². The highest BCUT2D eigenvalue weighted by molar-refractivity contribution is 8.01. The Kier molecular flexibility index (Phi) is 7.82. The molecule has 0 aliphatic heterocycles. The van der Waals surface area contributed by atoms with Gasteiger partial charge in [0.2, 0.25) is 11.8 Å². The van der Waals surface area contributed by atoms with Crippen molar-refractivity contribution >= 4 is 52.5 Å². The van der Waals surface area contributed by atoms with E-state index in [9.17, 15) is 9.59 Å². The predicted octanol–water partition coefficient (Wildman–Crippen LogP) is 4.68. The van der Waals surface area contributed by atoms with Gasteiger partial charge in [0.25, 0.3) is 0 Å². The van der Waals surface area contributed by atoms with E-state index in [1.54, 1.807) is 25.1 Å². The van der Waals surface area contributed by atoms with Gasteiger partial charge in [-0.1, -0.05) is 47.0 Å². The van der Waals surface area contributed by atoms with Crippen LogP contribution in [-0.4, -0.2) is 22.8 Å². The zero-order valence-electron chi connectivity index (χ0n) is 14.5. The van der Waals surface area contributed by atoms with Crippen LogP contribution in [0.25, 0.3) is 0 Å². The van der Waals surface area contributed by atoms with Crippen LogP contribution in [0.15, 0.2) is 42.5 Å². The molecule has 0 aromatic heterocycles. The largest absolute Gasteiger partial charge is 0.351 e. The predicted molar refractivity (Wildman–Crippen MR) is 110 cm³/mol. The fourth-order valence-electron chi connectivity index (χ4n) is 2.10. The lowest BCUT2D eigenvalue weighted by atomic mass is 10.2. The molecule has 0 fully saturated rings. The number of anilines is 1. The van der Waals surface area contributed by atoms with E-state index < -0.39 is 0 Å². The number of rotatable bonds is 7. The average molecular weight is 411 g/mol. The van der Waals surface area contributed by atoms with Crippen molar-refractivity contribution in [1.82, 2.24) is 5.32 Å². The molecule has 0 aliphatic rings. The molecule has 4 nitrogen and oxygen atoms in total. The maximum absolute atomic E-state index is 12.2. The van der Waals surface area contributed by atoms with Crippen LogP contribution in [0.4, 0.5) is 5.69 Å². The molecular weight excluding hydrogens is 391 g/mol. The summed E-state index contributed by atoms with van der Waals surface area (Å²) in [6.07, 6.45) is 0. The van der Waals surface area contributed by atoms with E-state index in [2.05, 4.69) is 10.6 Å². The molecule has 0 spiro atoms. The first-order valence-corrected chi connectivity index (χ1v) is 9.85. The van der Waals surface area contributed by atoms with Crippen LogP contribution in [-0.2, 0) is 16.1 Å². The summed E-state index contributed by atoms with van der Waals surface area (Å²) in [6.45, 7) is 4.07. The van der Waals surface area contributed by atoms with Crippen molar-refractivity contribution in [3.63, 3.8) is 0 Å². The number of hydrogen-bond donors (Lipinski definition) is 2. The second-order valence-electron chi connectivity index (χ2n) is 5.82. The molecule has 0 aliphatic carbocycles. The number of thioether (sulfide) groups is 1. The number of aryl methyl sites for hydroxylation is 1. The highest BCUT2D eigenvalue weighted by atomic mass is 35.5. The summed E-state index contributed by atoms with van der Waals surface area (Å²) in [5, 5.41) is 6.34. The Morgan fingerprint density at radius 1 is 1.12 bits per heavy atom. The maximum Gasteiger partial charge on any atom is 0.234 e. The SMILES string of the molecule is Cc1ccc(NC(=O)CS[C@@H](C)C(=O)NCc2ccc(Cl)cc2Cl)cc1. The fraction of sp³-hybridized carbons (Fsp3) is 0.263. The zero-order chi connectivity index (χ0) is 19.1. The highest BCUT2D eigenvalue weighted by Crippen LogP contribution is 2.21. The molecule has 0 bridgehead atoms. The number of nitrogens with one attached hydrogen (secondary N) is 2. The van der Waals surface area contributed by atoms with E-state index in [1.807, 2.05) is 31.2 Å². The molecule has 2 rings (SSSR count). The van der Waals surface area contributed by atoms with Crippen molar-refractivity contribution in [2.24, 2.45) is 0 Å². The van der Waals surface area contributed by atoms with Gasteiger partial charge in [0.05, 0.1) is 11.0 Å². The van der Waals surface area contributed by atoms with Crippen LogP contribution >= 0.6 is 35.0 Å². The lowest BCUT2D eigenvalue weighted by Crippen LogP contribution is -2.31. The summed E-state index contributed by atoms with van der Waals surface area (Å²) in [7, 11) is 0. The Morgan fingerprint density at radius 2 is 1.81 bits per heavy atom. The second-order valence-corrected chi connectivity index (χ2v) is 7.99. The van der Waals surface area contributed by atoms with Crippen LogP contribution in [0.1, 0.15) is 18.1 Å². The minimum absolute atomic E-state index is 0.140. The van der Waals surface area contributed by atoms with Crippen molar-refractivity contribution in [3.8, 4) is 0 Å². The summed E-state index contributed by atoms with van der Waals surface area (Å²) in [4.78, 5) is 24.2. The molecule has 2 N–H and O–H groups in total. The van der Waals surface area contributed by atoms with E-state index in [0.717, 1.165) is 16.8 Å². The topological polar surface area (TPSA) is 58.2 Å². The van der Waals surface area contributed by atoms with Crippen LogP contribution in [0.3, 0.4) is 0 Å². The summed E-state index contributed by atoms with van der Waals surface area (Å²) >= 11 is 13.2. The minimum Gasteiger partial charge on any atom is -0.351 e. The number of hydrogen-bond acceptors (Lipinski definition) is 3. The molecule has 138 valence electrons. The Balaban J connectivity index is 1.75. The van der Waals surface area contributed by atoms with Gasteiger partial charge in [-0.2, -0.15) is 0 Å². The van der Waals surface area contributed by atoms with Crippen LogP contribution < -0.4 is 10.6 Å². The third-order valence-electron chi connectivity index (χ3n) is 3.64. The summed E-state index contributed by atoms with van der Waals surface area (Å²) in [5.41, 5.74) is 2.66. The summed E-state index contributed by atoms with van der Waals surface area (Å²) in [5.74, 6) is -0.0899. The molecule has 2 aromatic rings. The number of amides is 2. The van der Waals surface area contributed by atoms with Gasteiger partial charge < -0.3 is 10.6 Å². The molecular formula is C19H20Cl2N2O2S. The normalized spacial score (nSPS) is 11.7. The lowest BCUT2D eigenvalue weighted by Gasteiger charge is -2.13. The van der Waals surface area contributed by atoms with Crippen molar-refractivity contribution in [1.29, 1.82) is 0 Å². The third-order valence-corrected chi connectivity index (χ3v) is 5.37. The smallest absolute Gasteiger partial charge is 0.234 e. The first-order chi connectivity index (χ1) is 12.3. The van der Waals surface area contributed by atoms with Crippen molar-refractivity contribution < 1.29 is 9.59 Å². The van der Waals surface area contributed by atoms with E-state index in [-0.39, 0.29) is 22.8 Å². The lowest BCUT2D eigenvalue weighted by molar-refractivity contribution is -0.120. The second kappa shape index (κ2) is 9.86. The van der Waals surface area contributed by atoms with E-state index in [4.69, 9.17) is 23.2 Å². The molecule has 0 radical (unpaired) electrons. The van der Waals surface area contributed by atoms with E-state index in [0.29, 0.717) is 16.6 Å². The van der Waals surface area contributed by atoms with Gasteiger partial charge >= 0.3 is 0 Å². The Morgan fingerprint density at radius 3 is 2.46 bits per heavy atom. The standard InChI is InChI=1S/C19H20Cl2N2O2S/c1-12-3-7-16(8-4-12)23-18(24)11-26-13(2)19(25)22-10-14-5-6-15(20)9-17(14)21/h3-9,13H,10-11H2,1-2H3,(H,22,25)(H,23,24)/t13-/m0/s1. The third kappa shape index (κ3) is 6.56. The Bertz CT molecular complexity index is 782. The molecule has 2 amide bonds. The van der Waals surface area contributed by atoms with Gasteiger partial charge in [-0.3, -0.25) is 9.59 Å². The van der Waals surface area contributed by atoms with Crippen molar-refractivity contribution in [3.05, 3.63) is 63.6 Å². The molecule has 26 heavy (non-hydrogen) atoms. The average Bonchev–Trinajstić information content (AvgIpc) is 2.60. The van der Waals surface area contributed by atoms with Gasteiger partial charge in [0.15, 0.2) is 0 Å². The number of benzene rings is 2. The van der Waals surface area contributed by atoms with Gasteiger partial charge in [0, 0.05) is 22.3 Å². The fourth-order valence-corrected chi connectivity index (χ4v) is 3.29. The van der Waals surface area contributed by atoms with Crippen molar-refractivity contribution in [2.45, 2.75) is 25.6 Å². The molecule has 0 heterocycles. The highest BCUT2D eigenvalue weighted by Gasteiger charge is 2.15. The molecule has 2 aromatic carbocycles. The van der Waals surface area contributed by atoms with Crippen LogP contribution in [0.5, 0.6) is 0 Å². The van der Waals surface area contributed by atoms with Gasteiger partial charge in [-0.25, -0.2) is 0 Å². The van der Waals surface area contributed by atoms with E-state index >= 15 is 0 Å². The monoisotopic (exact) mass is 410 g/mol. The Labute approximate surface area is 167 Å². The number of halogens is 2. The molecule has 0 saturated carbocycles. The minimum atomic E-state index is -0.357. The van der Waals surface area contributed by atoms with Gasteiger partial charge in [-0.15, -0.1) is 11.8 Å². The molecule has 0 unspecified atom stereocenters. The molecule has 0 saturated heterocycles. The van der Waals surface area contributed by atoms with E-state index in [1.165, 1.54) is 11.8 Å². The molecule has 1 atom stereocenters. The van der Waals surface area contributed by atoms with Crippen molar-refractivity contribution in [2.75, 3.05) is 11.1 Å². The molecule has 7 heteroatoms. The van der Waals surface area contributed by atoms with Gasteiger partial charge in [-0.05, 0) is 43.7 Å². The number of carbonyl (C=O) groups is 2. The number of carbonyl (C=O) groups excluding carboxylic acids is 2.